The fourth-order valence-corrected chi connectivity index (χ4v) is 9.03. The average Bonchev–Trinajstić information content (AvgIpc) is 2.93. The smallest absolute Gasteiger partial charge is 0.306 e. The molecule has 0 heterocycles. The first-order valence-electron chi connectivity index (χ1n) is 11.3. The molecule has 0 spiro atoms. The van der Waals surface area contributed by atoms with E-state index in [1.54, 1.807) is 20.8 Å². The first-order valence-corrected chi connectivity index (χ1v) is 12.5. The highest BCUT2D eigenvalue weighted by Gasteiger charge is 2.75. The van der Waals surface area contributed by atoms with Crippen LogP contribution in [-0.2, 0) is 14.4 Å². The Bertz CT molecular complexity index is 1030. The molecule has 10 atom stereocenters. The minimum Gasteiger partial charge on any atom is -0.481 e. The lowest BCUT2D eigenvalue weighted by atomic mass is 9.46. The van der Waals surface area contributed by atoms with Gasteiger partial charge in [0.05, 0.1) is 21.7 Å². The van der Waals surface area contributed by atoms with Crippen molar-refractivity contribution >= 4 is 52.3 Å². The zero-order valence-electron chi connectivity index (χ0n) is 19.0. The van der Waals surface area contributed by atoms with Gasteiger partial charge in [-0.25, -0.2) is 4.39 Å². The Morgan fingerprint density at radius 3 is 2.47 bits per heavy atom. The Kier molecular flexibility index (Phi) is 6.14. The van der Waals surface area contributed by atoms with E-state index in [1.165, 1.54) is 12.2 Å². The van der Waals surface area contributed by atoms with Crippen LogP contribution in [0.25, 0.3) is 0 Å². The zero-order valence-corrected chi connectivity index (χ0v) is 21.3. The summed E-state index contributed by atoms with van der Waals surface area (Å²) in [4.78, 5) is 35.3. The number of carboxylic acids is 1. The highest BCUT2D eigenvalue weighted by Crippen LogP contribution is 2.72. The number of halogens is 4. The number of carboxylic acid groups (broad SMARTS) is 1. The molecule has 0 aromatic carbocycles. The number of carbonyl (C=O) groups is 3. The molecule has 10 heteroatoms. The fraction of sp³-hybridized carbons (Fsp3) is 0.708. The van der Waals surface area contributed by atoms with E-state index in [-0.39, 0.29) is 23.4 Å². The van der Waals surface area contributed by atoms with Crippen molar-refractivity contribution in [2.45, 2.75) is 74.6 Å². The number of allylic oxidation sites excluding steroid dienone is 4. The van der Waals surface area contributed by atoms with Crippen molar-refractivity contribution in [3.63, 3.8) is 0 Å². The lowest BCUT2D eigenvalue weighted by Gasteiger charge is -2.64. The number of fused-ring (bicyclic) bond motifs is 5. The minimum absolute atomic E-state index is 0.0538. The average molecular weight is 538 g/mol. The lowest BCUT2D eigenvalue weighted by molar-refractivity contribution is -0.175. The molecule has 0 aromatic heterocycles. The molecule has 0 bridgehead atoms. The molecular weight excluding hydrogens is 510 g/mol. The van der Waals surface area contributed by atoms with Gasteiger partial charge in [-0.1, -0.05) is 32.4 Å². The van der Waals surface area contributed by atoms with Gasteiger partial charge in [-0.2, -0.15) is 0 Å². The van der Waals surface area contributed by atoms with E-state index in [4.69, 9.17) is 39.9 Å². The predicted octanol–water partition coefficient (Wildman–Crippen LogP) is 3.77. The third kappa shape index (κ3) is 3.09. The molecule has 0 aliphatic heterocycles. The maximum absolute atomic E-state index is 15.6. The molecule has 3 fully saturated rings. The molecule has 34 heavy (non-hydrogen) atoms. The molecule has 1 unspecified atom stereocenters. The maximum Gasteiger partial charge on any atom is 0.306 e. The number of aliphatic hydroxyl groups excluding tert-OH is 1. The second-order valence-electron chi connectivity index (χ2n) is 10.8. The monoisotopic (exact) mass is 536 g/mol. The van der Waals surface area contributed by atoms with E-state index < -0.39 is 80.7 Å². The topological polar surface area (TPSA) is 112 Å². The first kappa shape index (κ1) is 26.1. The van der Waals surface area contributed by atoms with E-state index in [0.717, 1.165) is 0 Å². The van der Waals surface area contributed by atoms with E-state index in [2.05, 4.69) is 0 Å². The Hall–Kier alpha value is -0.990. The molecule has 188 valence electrons. The van der Waals surface area contributed by atoms with Gasteiger partial charge >= 0.3 is 5.97 Å². The molecule has 4 rings (SSSR count). The fourth-order valence-electron chi connectivity index (χ4n) is 7.57. The zero-order chi connectivity index (χ0) is 25.6. The van der Waals surface area contributed by atoms with Gasteiger partial charge in [-0.15, -0.1) is 23.2 Å². The van der Waals surface area contributed by atoms with Crippen LogP contribution in [-0.4, -0.2) is 61.0 Å². The molecule has 0 amide bonds. The summed E-state index contributed by atoms with van der Waals surface area (Å²) in [5.41, 5.74) is -4.21. The van der Waals surface area contributed by atoms with Crippen molar-refractivity contribution in [1.29, 1.82) is 0 Å². The summed E-state index contributed by atoms with van der Waals surface area (Å²) in [5, 5.41) is 30.2. The molecule has 3 saturated carbocycles. The number of carbonyl (C=O) groups excluding carboxylic acids is 2. The van der Waals surface area contributed by atoms with Crippen LogP contribution in [0.3, 0.4) is 0 Å². The Labute approximate surface area is 212 Å². The van der Waals surface area contributed by atoms with Crippen molar-refractivity contribution < 1.29 is 34.1 Å². The molecule has 6 nitrogen and oxygen atoms in total. The molecule has 4 aliphatic rings. The number of hydrogen-bond acceptors (Lipinski definition) is 5. The summed E-state index contributed by atoms with van der Waals surface area (Å²) in [6.45, 7) is 5.06. The largest absolute Gasteiger partial charge is 0.481 e. The van der Waals surface area contributed by atoms with Crippen LogP contribution in [0.2, 0.25) is 0 Å². The van der Waals surface area contributed by atoms with Gasteiger partial charge in [0.25, 0.3) is 0 Å². The van der Waals surface area contributed by atoms with Crippen LogP contribution in [0.5, 0.6) is 0 Å². The Balaban J connectivity index is 1.82. The van der Waals surface area contributed by atoms with Gasteiger partial charge < -0.3 is 15.3 Å². The Morgan fingerprint density at radius 2 is 1.88 bits per heavy atom. The summed E-state index contributed by atoms with van der Waals surface area (Å²) in [5.74, 6) is -4.54. The van der Waals surface area contributed by atoms with Crippen molar-refractivity contribution in [3.05, 3.63) is 22.8 Å². The van der Waals surface area contributed by atoms with E-state index >= 15 is 4.39 Å². The number of aliphatic carboxylic acids is 1. The SMILES string of the molecule is C[C@H]1C[C@H]2[C@@H]3C[C@@H](F)C4=CC(=O)C(Cl)=C[C@]4(C)[C@@]3(Cl)[C@@H](Cl)C[C@]2(C)[C@@]1(O)C(=O)C(O)CC(=O)O. The van der Waals surface area contributed by atoms with Gasteiger partial charge in [0.2, 0.25) is 0 Å². The molecule has 0 radical (unpaired) electrons. The molecular formula is C24H28Cl3FO6. The van der Waals surface area contributed by atoms with Crippen molar-refractivity contribution in [2.24, 2.45) is 28.6 Å². The lowest BCUT2D eigenvalue weighted by Crippen LogP contribution is -2.69. The van der Waals surface area contributed by atoms with Gasteiger partial charge in [-0.3, -0.25) is 14.4 Å². The molecule has 0 saturated heterocycles. The van der Waals surface area contributed by atoms with Gasteiger partial charge in [0.1, 0.15) is 17.9 Å². The third-order valence-corrected chi connectivity index (χ3v) is 11.1. The van der Waals surface area contributed by atoms with Gasteiger partial charge in [0, 0.05) is 10.8 Å². The normalized spacial score (nSPS) is 48.7. The number of rotatable bonds is 4. The maximum atomic E-state index is 15.6. The molecule has 0 aromatic rings. The third-order valence-electron chi connectivity index (χ3n) is 9.27. The second-order valence-corrected chi connectivity index (χ2v) is 12.4. The highest BCUT2D eigenvalue weighted by molar-refractivity contribution is 6.45. The van der Waals surface area contributed by atoms with E-state index in [0.29, 0.717) is 6.42 Å². The highest BCUT2D eigenvalue weighted by atomic mass is 35.5. The molecule has 3 N–H and O–H groups in total. The predicted molar refractivity (Wildman–Crippen MR) is 125 cm³/mol. The summed E-state index contributed by atoms with van der Waals surface area (Å²) in [7, 11) is 0. The number of Topliss-reactive ketones (excluding diaryl/α,β-unsaturated/α-hetero) is 1. The van der Waals surface area contributed by atoms with Crippen LogP contribution < -0.4 is 0 Å². The van der Waals surface area contributed by atoms with Crippen LogP contribution in [0.15, 0.2) is 22.8 Å². The Morgan fingerprint density at radius 1 is 1.26 bits per heavy atom. The van der Waals surface area contributed by atoms with Crippen molar-refractivity contribution in [3.8, 4) is 0 Å². The number of ketones is 2. The summed E-state index contributed by atoms with van der Waals surface area (Å²) in [6, 6.07) is 0. The second kappa shape index (κ2) is 8.01. The van der Waals surface area contributed by atoms with Crippen LogP contribution in [0.4, 0.5) is 4.39 Å². The van der Waals surface area contributed by atoms with Crippen LogP contribution >= 0.6 is 34.8 Å². The van der Waals surface area contributed by atoms with Crippen LogP contribution in [0, 0.1) is 28.6 Å². The number of alkyl halides is 3. The van der Waals surface area contributed by atoms with E-state index in [9.17, 15) is 24.6 Å². The standard InChI is InChI=1S/C24H28Cl3FO6/c1-10-4-11-12-5-15(28)13-6-16(29)14(25)8-21(13,2)23(12,27)18(26)9-22(11,3)24(10,34)20(33)17(30)7-19(31)32/h6,8,10-12,15,17-18,30,34H,4-5,7,9H2,1-3H3,(H,31,32)/t10-,11-,12-,15+,17?,18-,21-,22-,23-,24-/m0/s1. The summed E-state index contributed by atoms with van der Waals surface area (Å²) >= 11 is 20.5. The van der Waals surface area contributed by atoms with Crippen LogP contribution in [0.1, 0.15) is 46.5 Å². The summed E-state index contributed by atoms with van der Waals surface area (Å²) < 4.78 is 15.6. The van der Waals surface area contributed by atoms with Crippen molar-refractivity contribution in [2.75, 3.05) is 0 Å². The molecule has 4 aliphatic carbocycles. The van der Waals surface area contributed by atoms with Crippen molar-refractivity contribution in [1.82, 2.24) is 0 Å². The quantitative estimate of drug-likeness (QED) is 0.471. The minimum atomic E-state index is -2.07. The number of hydrogen-bond donors (Lipinski definition) is 3. The van der Waals surface area contributed by atoms with Gasteiger partial charge in [0.15, 0.2) is 11.6 Å². The summed E-state index contributed by atoms with van der Waals surface area (Å²) in [6.07, 6.45) is -1.25. The number of aliphatic hydroxyl groups is 2. The van der Waals surface area contributed by atoms with Gasteiger partial charge in [-0.05, 0) is 54.7 Å². The first-order chi connectivity index (χ1) is 15.6. The van der Waals surface area contributed by atoms with E-state index in [1.807, 2.05) is 0 Å².